The standard InChI is InChI=1S/C15H23BrN2/c1-11(2)18-9-14-5-3-4-13(14)6-12-7-15(16)10-17-8-12/h7-8,10-11,13-14,18H,3-6,9H2,1-2H3. The van der Waals surface area contributed by atoms with Crippen LogP contribution in [0, 0.1) is 11.8 Å². The molecule has 1 aromatic rings. The van der Waals surface area contributed by atoms with E-state index in [0.29, 0.717) is 6.04 Å². The summed E-state index contributed by atoms with van der Waals surface area (Å²) in [7, 11) is 0. The van der Waals surface area contributed by atoms with Crippen LogP contribution in [0.1, 0.15) is 38.7 Å². The van der Waals surface area contributed by atoms with Gasteiger partial charge in [-0.2, -0.15) is 0 Å². The minimum absolute atomic E-state index is 0.596. The summed E-state index contributed by atoms with van der Waals surface area (Å²) in [5.74, 6) is 1.67. The van der Waals surface area contributed by atoms with Crippen molar-refractivity contribution in [1.82, 2.24) is 10.3 Å². The van der Waals surface area contributed by atoms with Gasteiger partial charge in [-0.25, -0.2) is 0 Å². The summed E-state index contributed by atoms with van der Waals surface area (Å²) >= 11 is 3.50. The first-order valence-corrected chi connectivity index (χ1v) is 7.77. The van der Waals surface area contributed by atoms with Gasteiger partial charge < -0.3 is 5.32 Å². The molecule has 0 aliphatic heterocycles. The summed E-state index contributed by atoms with van der Waals surface area (Å²) in [5, 5.41) is 3.59. The summed E-state index contributed by atoms with van der Waals surface area (Å²) in [4.78, 5) is 4.26. The molecule has 0 radical (unpaired) electrons. The highest BCUT2D eigenvalue weighted by molar-refractivity contribution is 9.10. The van der Waals surface area contributed by atoms with Gasteiger partial charge in [0.1, 0.15) is 0 Å². The molecule has 0 bridgehead atoms. The van der Waals surface area contributed by atoms with E-state index in [4.69, 9.17) is 0 Å². The van der Waals surface area contributed by atoms with Gasteiger partial charge in [0, 0.05) is 22.9 Å². The first-order chi connectivity index (χ1) is 8.65. The van der Waals surface area contributed by atoms with E-state index in [-0.39, 0.29) is 0 Å². The summed E-state index contributed by atoms with van der Waals surface area (Å²) in [6, 6.07) is 2.80. The fourth-order valence-electron chi connectivity index (χ4n) is 2.91. The van der Waals surface area contributed by atoms with Gasteiger partial charge in [-0.3, -0.25) is 4.98 Å². The molecular weight excluding hydrogens is 288 g/mol. The number of hydrogen-bond donors (Lipinski definition) is 1. The van der Waals surface area contributed by atoms with Crippen LogP contribution in [0.3, 0.4) is 0 Å². The van der Waals surface area contributed by atoms with E-state index < -0.39 is 0 Å². The Morgan fingerprint density at radius 3 is 2.83 bits per heavy atom. The number of nitrogens with zero attached hydrogens (tertiary/aromatic N) is 1. The second kappa shape index (κ2) is 6.67. The van der Waals surface area contributed by atoms with Crippen LogP contribution in [0.15, 0.2) is 22.9 Å². The Morgan fingerprint density at radius 1 is 1.33 bits per heavy atom. The van der Waals surface area contributed by atoms with Crippen molar-refractivity contribution in [3.05, 3.63) is 28.5 Å². The Labute approximate surface area is 119 Å². The Balaban J connectivity index is 1.91. The second-order valence-corrected chi connectivity index (χ2v) is 6.65. The lowest BCUT2D eigenvalue weighted by Gasteiger charge is -2.21. The zero-order chi connectivity index (χ0) is 13.0. The third-order valence-electron chi connectivity index (χ3n) is 3.86. The first kappa shape index (κ1) is 14.0. The minimum atomic E-state index is 0.596. The van der Waals surface area contributed by atoms with Gasteiger partial charge in [0.2, 0.25) is 0 Å². The zero-order valence-corrected chi connectivity index (χ0v) is 12.9. The van der Waals surface area contributed by atoms with Crippen molar-refractivity contribution in [2.75, 3.05) is 6.54 Å². The van der Waals surface area contributed by atoms with Crippen LogP contribution in [0.4, 0.5) is 0 Å². The van der Waals surface area contributed by atoms with Gasteiger partial charge in [0.05, 0.1) is 0 Å². The maximum absolute atomic E-state index is 4.26. The van der Waals surface area contributed by atoms with Crippen molar-refractivity contribution < 1.29 is 0 Å². The van der Waals surface area contributed by atoms with Gasteiger partial charge in [-0.1, -0.05) is 20.3 Å². The number of nitrogens with one attached hydrogen (secondary N) is 1. The molecule has 1 aromatic heterocycles. The number of aromatic nitrogens is 1. The van der Waals surface area contributed by atoms with Gasteiger partial charge >= 0.3 is 0 Å². The molecule has 2 atom stereocenters. The van der Waals surface area contributed by atoms with Gasteiger partial charge in [-0.15, -0.1) is 0 Å². The molecule has 2 nitrogen and oxygen atoms in total. The predicted octanol–water partition coefficient (Wildman–Crippen LogP) is 3.80. The second-order valence-electron chi connectivity index (χ2n) is 5.73. The Hall–Kier alpha value is -0.410. The molecule has 3 heteroatoms. The summed E-state index contributed by atoms with van der Waals surface area (Å²) in [5.41, 5.74) is 1.37. The van der Waals surface area contributed by atoms with E-state index in [1.54, 1.807) is 0 Å². The molecule has 0 spiro atoms. The van der Waals surface area contributed by atoms with Crippen molar-refractivity contribution >= 4 is 15.9 Å². The largest absolute Gasteiger partial charge is 0.314 e. The van der Waals surface area contributed by atoms with Crippen molar-refractivity contribution in [1.29, 1.82) is 0 Å². The van der Waals surface area contributed by atoms with Crippen LogP contribution >= 0.6 is 15.9 Å². The van der Waals surface area contributed by atoms with E-state index in [9.17, 15) is 0 Å². The van der Waals surface area contributed by atoms with Crippen molar-refractivity contribution in [2.24, 2.45) is 11.8 Å². The topological polar surface area (TPSA) is 24.9 Å². The van der Waals surface area contributed by atoms with Crippen LogP contribution in [0.25, 0.3) is 0 Å². The number of pyridine rings is 1. The smallest absolute Gasteiger partial charge is 0.0410 e. The molecule has 1 N–H and O–H groups in total. The van der Waals surface area contributed by atoms with E-state index >= 15 is 0 Å². The summed E-state index contributed by atoms with van der Waals surface area (Å²) in [6.07, 6.45) is 9.18. The van der Waals surface area contributed by atoms with Crippen LogP contribution in [0.2, 0.25) is 0 Å². The van der Waals surface area contributed by atoms with Crippen LogP contribution in [-0.2, 0) is 6.42 Å². The fourth-order valence-corrected chi connectivity index (χ4v) is 3.32. The van der Waals surface area contributed by atoms with Gasteiger partial charge in [0.25, 0.3) is 0 Å². The quantitative estimate of drug-likeness (QED) is 0.894. The highest BCUT2D eigenvalue weighted by atomic mass is 79.9. The lowest BCUT2D eigenvalue weighted by molar-refractivity contribution is 0.354. The van der Waals surface area contributed by atoms with Crippen LogP contribution < -0.4 is 5.32 Å². The monoisotopic (exact) mass is 310 g/mol. The van der Waals surface area contributed by atoms with Crippen LogP contribution in [-0.4, -0.2) is 17.6 Å². The molecule has 1 heterocycles. The molecule has 0 amide bonds. The zero-order valence-electron chi connectivity index (χ0n) is 11.3. The maximum atomic E-state index is 4.26. The van der Waals surface area contributed by atoms with E-state index in [2.05, 4.69) is 46.1 Å². The van der Waals surface area contributed by atoms with Crippen molar-refractivity contribution in [3.8, 4) is 0 Å². The molecule has 1 aliphatic rings. The molecule has 2 rings (SSSR count). The molecule has 100 valence electrons. The van der Waals surface area contributed by atoms with Crippen molar-refractivity contribution in [3.63, 3.8) is 0 Å². The summed E-state index contributed by atoms with van der Waals surface area (Å²) < 4.78 is 1.09. The molecule has 1 fully saturated rings. The number of hydrogen-bond acceptors (Lipinski definition) is 2. The number of rotatable bonds is 5. The van der Waals surface area contributed by atoms with Crippen LogP contribution in [0.5, 0.6) is 0 Å². The average molecular weight is 311 g/mol. The van der Waals surface area contributed by atoms with Gasteiger partial charge in [-0.05, 0) is 65.2 Å². The molecule has 2 unspecified atom stereocenters. The van der Waals surface area contributed by atoms with E-state index in [1.165, 1.54) is 37.8 Å². The lowest BCUT2D eigenvalue weighted by Crippen LogP contribution is -2.31. The Morgan fingerprint density at radius 2 is 2.11 bits per heavy atom. The SMILES string of the molecule is CC(C)NCC1CCCC1Cc1cncc(Br)c1. The van der Waals surface area contributed by atoms with E-state index in [0.717, 1.165) is 16.3 Å². The molecular formula is C15H23BrN2. The Kier molecular flexibility index (Phi) is 5.19. The molecule has 18 heavy (non-hydrogen) atoms. The third kappa shape index (κ3) is 4.06. The minimum Gasteiger partial charge on any atom is -0.314 e. The summed E-state index contributed by atoms with van der Waals surface area (Å²) in [6.45, 7) is 5.62. The predicted molar refractivity (Wildman–Crippen MR) is 79.6 cm³/mol. The maximum Gasteiger partial charge on any atom is 0.0410 e. The van der Waals surface area contributed by atoms with Gasteiger partial charge in [0.15, 0.2) is 0 Å². The molecule has 0 saturated heterocycles. The molecule has 0 aromatic carbocycles. The normalized spacial score (nSPS) is 23.8. The van der Waals surface area contributed by atoms with Crippen molar-refractivity contribution in [2.45, 2.75) is 45.6 Å². The number of halogens is 1. The highest BCUT2D eigenvalue weighted by Gasteiger charge is 2.27. The average Bonchev–Trinajstić information content (AvgIpc) is 2.74. The Bertz CT molecular complexity index is 379. The third-order valence-corrected chi connectivity index (χ3v) is 4.30. The fraction of sp³-hybridized carbons (Fsp3) is 0.667. The first-order valence-electron chi connectivity index (χ1n) is 6.98. The lowest BCUT2D eigenvalue weighted by atomic mass is 9.90. The highest BCUT2D eigenvalue weighted by Crippen LogP contribution is 2.34. The molecule has 1 aliphatic carbocycles. The molecule has 1 saturated carbocycles. The van der Waals surface area contributed by atoms with E-state index in [1.807, 2.05) is 12.4 Å².